The molecule has 3 aromatic carbocycles. The fourth-order valence-electron chi connectivity index (χ4n) is 2.77. The highest BCUT2D eigenvalue weighted by Crippen LogP contribution is 2.31. The quantitative estimate of drug-likeness (QED) is 0.455. The zero-order chi connectivity index (χ0) is 14.9. The Labute approximate surface area is 133 Å². The summed E-state index contributed by atoms with van der Waals surface area (Å²) >= 11 is 1.82. The van der Waals surface area contributed by atoms with Crippen LogP contribution in [0.25, 0.3) is 20.9 Å². The second-order valence-corrected chi connectivity index (χ2v) is 6.58. The first-order valence-corrected chi connectivity index (χ1v) is 8.21. The lowest BCUT2D eigenvalue weighted by molar-refractivity contribution is 0.309. The first kappa shape index (κ1) is 13.4. The van der Waals surface area contributed by atoms with Crippen molar-refractivity contribution in [3.8, 4) is 5.75 Å². The number of ether oxygens (including phenoxy) is 1. The van der Waals surface area contributed by atoms with Crippen LogP contribution in [0.4, 0.5) is 0 Å². The first-order valence-electron chi connectivity index (χ1n) is 7.40. The molecule has 4 rings (SSSR count). The maximum absolute atomic E-state index is 6.02. The largest absolute Gasteiger partial charge is 0.488 e. The van der Waals surface area contributed by atoms with Crippen LogP contribution in [-0.2, 0) is 6.61 Å². The molecule has 4 aromatic rings. The Bertz CT molecular complexity index is 952. The topological polar surface area (TPSA) is 9.23 Å². The molecule has 0 N–H and O–H groups in total. The summed E-state index contributed by atoms with van der Waals surface area (Å²) in [5.41, 5.74) is 1.33. The van der Waals surface area contributed by atoms with Gasteiger partial charge in [0.1, 0.15) is 12.4 Å². The van der Waals surface area contributed by atoms with Crippen molar-refractivity contribution >= 4 is 32.2 Å². The lowest BCUT2D eigenvalue weighted by Gasteiger charge is -2.07. The zero-order valence-corrected chi connectivity index (χ0v) is 13.2. The van der Waals surface area contributed by atoms with E-state index in [0.717, 1.165) is 5.75 Å². The lowest BCUT2D eigenvalue weighted by atomic mass is 10.1. The van der Waals surface area contributed by atoms with Crippen LogP contribution in [0.15, 0.2) is 66.7 Å². The van der Waals surface area contributed by atoms with Crippen molar-refractivity contribution in [3.63, 3.8) is 0 Å². The molecule has 0 aliphatic rings. The highest BCUT2D eigenvalue weighted by molar-refractivity contribution is 7.19. The predicted molar refractivity (Wildman–Crippen MR) is 94.8 cm³/mol. The lowest BCUT2D eigenvalue weighted by Crippen LogP contribution is -1.94. The SMILES string of the molecule is Cc1c(COc2ccc3ccccc3c2)sc2ccccc12. The number of rotatable bonds is 3. The summed E-state index contributed by atoms with van der Waals surface area (Å²) in [6.07, 6.45) is 0. The van der Waals surface area contributed by atoms with Gasteiger partial charge in [-0.05, 0) is 46.8 Å². The molecule has 1 heterocycles. The Morgan fingerprint density at radius 2 is 1.64 bits per heavy atom. The van der Waals surface area contributed by atoms with E-state index >= 15 is 0 Å². The number of aryl methyl sites for hydroxylation is 1. The van der Waals surface area contributed by atoms with E-state index in [-0.39, 0.29) is 0 Å². The van der Waals surface area contributed by atoms with Gasteiger partial charge in [-0.2, -0.15) is 0 Å². The smallest absolute Gasteiger partial charge is 0.123 e. The summed E-state index contributed by atoms with van der Waals surface area (Å²) in [6.45, 7) is 2.81. The normalized spacial score (nSPS) is 11.1. The van der Waals surface area contributed by atoms with Gasteiger partial charge >= 0.3 is 0 Å². The molecule has 0 bridgehead atoms. The maximum Gasteiger partial charge on any atom is 0.123 e. The minimum Gasteiger partial charge on any atom is -0.488 e. The average molecular weight is 304 g/mol. The number of benzene rings is 3. The van der Waals surface area contributed by atoms with Gasteiger partial charge in [0.05, 0.1) is 0 Å². The van der Waals surface area contributed by atoms with Gasteiger partial charge in [0.2, 0.25) is 0 Å². The third kappa shape index (κ3) is 2.36. The number of fused-ring (bicyclic) bond motifs is 2. The molecular weight excluding hydrogens is 288 g/mol. The number of hydrogen-bond donors (Lipinski definition) is 0. The average Bonchev–Trinajstić information content (AvgIpc) is 2.89. The summed E-state index contributed by atoms with van der Waals surface area (Å²) < 4.78 is 7.35. The molecule has 0 radical (unpaired) electrons. The van der Waals surface area contributed by atoms with Crippen LogP contribution in [0, 0.1) is 6.92 Å². The van der Waals surface area contributed by atoms with E-state index in [4.69, 9.17) is 4.74 Å². The summed E-state index contributed by atoms with van der Waals surface area (Å²) in [5.74, 6) is 0.926. The molecule has 0 saturated carbocycles. The Morgan fingerprint density at radius 1 is 0.864 bits per heavy atom. The Hall–Kier alpha value is -2.32. The van der Waals surface area contributed by atoms with E-state index in [9.17, 15) is 0 Å². The molecule has 0 saturated heterocycles. The van der Waals surface area contributed by atoms with E-state index in [2.05, 4.69) is 67.6 Å². The Morgan fingerprint density at radius 3 is 2.50 bits per heavy atom. The van der Waals surface area contributed by atoms with Crippen LogP contribution in [0.1, 0.15) is 10.4 Å². The molecule has 1 aromatic heterocycles. The highest BCUT2D eigenvalue weighted by atomic mass is 32.1. The third-order valence-corrected chi connectivity index (χ3v) is 5.28. The molecule has 0 amide bonds. The molecule has 0 atom stereocenters. The molecule has 0 aliphatic carbocycles. The zero-order valence-electron chi connectivity index (χ0n) is 12.4. The van der Waals surface area contributed by atoms with Gasteiger partial charge in [0.25, 0.3) is 0 Å². The van der Waals surface area contributed by atoms with Gasteiger partial charge in [-0.15, -0.1) is 11.3 Å². The summed E-state index contributed by atoms with van der Waals surface area (Å²) in [5, 5.41) is 3.80. The minimum absolute atomic E-state index is 0.628. The van der Waals surface area contributed by atoms with Gasteiger partial charge in [-0.1, -0.05) is 48.5 Å². The van der Waals surface area contributed by atoms with Gasteiger partial charge < -0.3 is 4.74 Å². The fourth-order valence-corrected chi connectivity index (χ4v) is 3.89. The monoisotopic (exact) mass is 304 g/mol. The number of hydrogen-bond acceptors (Lipinski definition) is 2. The van der Waals surface area contributed by atoms with E-state index < -0.39 is 0 Å². The standard InChI is InChI=1S/C20H16OS/c1-14-18-8-4-5-9-19(18)22-20(14)13-21-17-11-10-15-6-2-3-7-16(15)12-17/h2-12H,13H2,1H3. The highest BCUT2D eigenvalue weighted by Gasteiger charge is 2.08. The van der Waals surface area contributed by atoms with E-state index in [1.807, 2.05) is 17.4 Å². The van der Waals surface area contributed by atoms with Crippen molar-refractivity contribution in [2.24, 2.45) is 0 Å². The fraction of sp³-hybridized carbons (Fsp3) is 0.100. The summed E-state index contributed by atoms with van der Waals surface area (Å²) in [7, 11) is 0. The molecule has 1 nitrogen and oxygen atoms in total. The van der Waals surface area contributed by atoms with Crippen LogP contribution in [-0.4, -0.2) is 0 Å². The van der Waals surface area contributed by atoms with Crippen molar-refractivity contribution in [2.75, 3.05) is 0 Å². The van der Waals surface area contributed by atoms with Crippen molar-refractivity contribution in [3.05, 3.63) is 77.2 Å². The molecule has 22 heavy (non-hydrogen) atoms. The molecule has 2 heteroatoms. The van der Waals surface area contributed by atoms with E-state index in [1.54, 1.807) is 0 Å². The maximum atomic E-state index is 6.02. The van der Waals surface area contributed by atoms with E-state index in [0.29, 0.717) is 6.61 Å². The van der Waals surface area contributed by atoms with Crippen molar-refractivity contribution < 1.29 is 4.74 Å². The van der Waals surface area contributed by atoms with Crippen LogP contribution < -0.4 is 4.74 Å². The molecule has 0 unspecified atom stereocenters. The van der Waals surface area contributed by atoms with Crippen molar-refractivity contribution in [1.29, 1.82) is 0 Å². The molecule has 0 spiro atoms. The Kier molecular flexibility index (Phi) is 3.32. The van der Waals surface area contributed by atoms with Crippen LogP contribution in [0.5, 0.6) is 5.75 Å². The van der Waals surface area contributed by atoms with Gasteiger partial charge in [0, 0.05) is 9.58 Å². The minimum atomic E-state index is 0.628. The van der Waals surface area contributed by atoms with Crippen LogP contribution in [0.3, 0.4) is 0 Å². The Balaban J connectivity index is 1.61. The third-order valence-electron chi connectivity index (χ3n) is 4.03. The summed E-state index contributed by atoms with van der Waals surface area (Å²) in [4.78, 5) is 1.30. The second-order valence-electron chi connectivity index (χ2n) is 5.44. The molecule has 0 aliphatic heterocycles. The second kappa shape index (κ2) is 5.47. The molecular formula is C20H16OS. The first-order chi connectivity index (χ1) is 10.8. The number of thiophene rings is 1. The summed E-state index contributed by atoms with van der Waals surface area (Å²) in [6, 6.07) is 23.2. The van der Waals surface area contributed by atoms with Gasteiger partial charge in [-0.25, -0.2) is 0 Å². The van der Waals surface area contributed by atoms with Gasteiger partial charge in [0.15, 0.2) is 0 Å². The van der Waals surface area contributed by atoms with Gasteiger partial charge in [-0.3, -0.25) is 0 Å². The molecule has 108 valence electrons. The van der Waals surface area contributed by atoms with Crippen LogP contribution >= 0.6 is 11.3 Å². The van der Waals surface area contributed by atoms with Crippen LogP contribution in [0.2, 0.25) is 0 Å². The molecule has 0 fully saturated rings. The van der Waals surface area contributed by atoms with Crippen molar-refractivity contribution in [2.45, 2.75) is 13.5 Å². The van der Waals surface area contributed by atoms with E-state index in [1.165, 1.54) is 31.3 Å². The predicted octanol–water partition coefficient (Wildman–Crippen LogP) is 5.94. The van der Waals surface area contributed by atoms with Crippen molar-refractivity contribution in [1.82, 2.24) is 0 Å².